The van der Waals surface area contributed by atoms with Crippen LogP contribution in [0.15, 0.2) is 6.07 Å². The molecule has 0 saturated heterocycles. The predicted molar refractivity (Wildman–Crippen MR) is 83.9 cm³/mol. The summed E-state index contributed by atoms with van der Waals surface area (Å²) in [5, 5.41) is 7.68. The highest BCUT2D eigenvalue weighted by Crippen LogP contribution is 2.26. The molecule has 0 atom stereocenters. The van der Waals surface area contributed by atoms with Crippen molar-refractivity contribution in [2.45, 2.75) is 31.7 Å². The topological polar surface area (TPSA) is 49.3 Å². The molecule has 1 aromatic heterocycles. The molecule has 0 aromatic carbocycles. The molecule has 1 amide bonds. The summed E-state index contributed by atoms with van der Waals surface area (Å²) in [7, 11) is 3.99. The van der Waals surface area contributed by atoms with E-state index in [0.717, 1.165) is 19.4 Å². The first kappa shape index (κ1) is 16.5. The summed E-state index contributed by atoms with van der Waals surface area (Å²) in [6.45, 7) is 1.48. The molecule has 0 spiro atoms. The van der Waals surface area contributed by atoms with Crippen molar-refractivity contribution in [3.05, 3.63) is 21.9 Å². The van der Waals surface area contributed by atoms with Crippen LogP contribution < -0.4 is 0 Å². The molecule has 21 heavy (non-hydrogen) atoms. The number of rotatable bonds is 5. The minimum Gasteiger partial charge on any atom is -0.334 e. The number of amides is 1. The summed E-state index contributed by atoms with van der Waals surface area (Å²) in [6.07, 6.45) is 4.42. The Morgan fingerprint density at radius 3 is 2.52 bits per heavy atom. The van der Waals surface area contributed by atoms with Crippen LogP contribution in [0.5, 0.6) is 0 Å². The van der Waals surface area contributed by atoms with E-state index in [-0.39, 0.29) is 22.3 Å². The molecule has 0 aliphatic heterocycles. The molecule has 1 saturated carbocycles. The number of nitrogens with zero attached hydrogens (tertiary/aromatic N) is 4. The van der Waals surface area contributed by atoms with E-state index in [1.807, 2.05) is 19.0 Å². The third kappa shape index (κ3) is 4.28. The quantitative estimate of drug-likeness (QED) is 0.832. The van der Waals surface area contributed by atoms with Crippen LogP contribution in [0.25, 0.3) is 0 Å². The van der Waals surface area contributed by atoms with E-state index < -0.39 is 0 Å². The molecular weight excluding hydrogens is 311 g/mol. The highest BCUT2D eigenvalue weighted by molar-refractivity contribution is 6.34. The van der Waals surface area contributed by atoms with Crippen LogP contribution in [0.4, 0.5) is 0 Å². The monoisotopic (exact) mass is 330 g/mol. The molecule has 7 heteroatoms. The normalized spacial score (nSPS) is 15.7. The average molecular weight is 331 g/mol. The summed E-state index contributed by atoms with van der Waals surface area (Å²) in [5.74, 6) is -0.106. The van der Waals surface area contributed by atoms with E-state index >= 15 is 0 Å². The van der Waals surface area contributed by atoms with Crippen LogP contribution in [-0.4, -0.2) is 59.1 Å². The van der Waals surface area contributed by atoms with Crippen molar-refractivity contribution in [2.24, 2.45) is 0 Å². The number of halogens is 2. The maximum Gasteiger partial charge on any atom is 0.257 e. The van der Waals surface area contributed by atoms with Gasteiger partial charge >= 0.3 is 0 Å². The van der Waals surface area contributed by atoms with Gasteiger partial charge in [0.1, 0.15) is 0 Å². The maximum absolute atomic E-state index is 12.8. The third-order valence-corrected chi connectivity index (χ3v) is 4.23. The first-order valence-corrected chi connectivity index (χ1v) is 7.89. The number of carbonyl (C=O) groups is 1. The summed E-state index contributed by atoms with van der Waals surface area (Å²) in [6, 6.07) is 1.78. The summed E-state index contributed by atoms with van der Waals surface area (Å²) < 4.78 is 0. The molecule has 1 aromatic rings. The predicted octanol–water partition coefficient (Wildman–Crippen LogP) is 2.73. The SMILES string of the molecule is CN(C)CCN(C(=O)c1cc(Cl)nnc1Cl)C1CCCC1. The molecule has 0 bridgehead atoms. The fraction of sp³-hybridized carbons (Fsp3) is 0.643. The van der Waals surface area contributed by atoms with Crippen LogP contribution in [0.1, 0.15) is 36.0 Å². The lowest BCUT2D eigenvalue weighted by molar-refractivity contribution is 0.0667. The van der Waals surface area contributed by atoms with Gasteiger partial charge in [-0.2, -0.15) is 0 Å². The molecule has 1 heterocycles. The lowest BCUT2D eigenvalue weighted by atomic mass is 10.1. The Morgan fingerprint density at radius 1 is 1.24 bits per heavy atom. The lowest BCUT2D eigenvalue weighted by Gasteiger charge is -2.30. The summed E-state index contributed by atoms with van der Waals surface area (Å²) in [5.41, 5.74) is 0.335. The molecule has 5 nitrogen and oxygen atoms in total. The van der Waals surface area contributed by atoms with Gasteiger partial charge in [-0.05, 0) is 33.0 Å². The Kier molecular flexibility index (Phi) is 5.79. The van der Waals surface area contributed by atoms with Crippen LogP contribution >= 0.6 is 23.2 Å². The van der Waals surface area contributed by atoms with E-state index in [1.165, 1.54) is 18.9 Å². The second-order valence-corrected chi connectivity index (χ2v) is 6.36. The molecular formula is C14H20Cl2N4O. The van der Waals surface area contributed by atoms with Crippen LogP contribution in [0.2, 0.25) is 10.3 Å². The highest BCUT2D eigenvalue weighted by atomic mass is 35.5. The van der Waals surface area contributed by atoms with Crippen molar-refractivity contribution < 1.29 is 4.79 Å². The molecule has 0 N–H and O–H groups in total. The van der Waals surface area contributed by atoms with E-state index in [2.05, 4.69) is 15.1 Å². The van der Waals surface area contributed by atoms with Gasteiger partial charge in [0, 0.05) is 19.1 Å². The van der Waals surface area contributed by atoms with E-state index in [0.29, 0.717) is 12.1 Å². The number of aromatic nitrogens is 2. The van der Waals surface area contributed by atoms with Gasteiger partial charge in [0.2, 0.25) is 0 Å². The summed E-state index contributed by atoms with van der Waals surface area (Å²) in [4.78, 5) is 16.8. The lowest BCUT2D eigenvalue weighted by Crippen LogP contribution is -2.42. The molecule has 0 unspecified atom stereocenters. The first-order chi connectivity index (χ1) is 9.99. The fourth-order valence-corrected chi connectivity index (χ4v) is 2.95. The van der Waals surface area contributed by atoms with Gasteiger partial charge in [0.25, 0.3) is 5.91 Å². The fourth-order valence-electron chi connectivity index (χ4n) is 2.63. The van der Waals surface area contributed by atoms with Crippen molar-refractivity contribution in [1.29, 1.82) is 0 Å². The second kappa shape index (κ2) is 7.38. The zero-order chi connectivity index (χ0) is 15.4. The zero-order valence-electron chi connectivity index (χ0n) is 12.4. The Morgan fingerprint density at radius 2 is 1.90 bits per heavy atom. The first-order valence-electron chi connectivity index (χ1n) is 7.13. The van der Waals surface area contributed by atoms with E-state index in [1.54, 1.807) is 0 Å². The van der Waals surface area contributed by atoms with Gasteiger partial charge in [-0.1, -0.05) is 36.0 Å². The Balaban J connectivity index is 2.21. The number of carbonyl (C=O) groups excluding carboxylic acids is 1. The van der Waals surface area contributed by atoms with Gasteiger partial charge in [0.15, 0.2) is 10.3 Å². The minimum absolute atomic E-state index is 0.106. The van der Waals surface area contributed by atoms with Crippen molar-refractivity contribution in [2.75, 3.05) is 27.2 Å². The molecule has 1 aliphatic rings. The second-order valence-electron chi connectivity index (χ2n) is 5.61. The highest BCUT2D eigenvalue weighted by Gasteiger charge is 2.29. The summed E-state index contributed by atoms with van der Waals surface area (Å²) >= 11 is 11.9. The van der Waals surface area contributed by atoms with E-state index in [4.69, 9.17) is 23.2 Å². The van der Waals surface area contributed by atoms with Gasteiger partial charge in [0.05, 0.1) is 5.56 Å². The van der Waals surface area contributed by atoms with Gasteiger partial charge < -0.3 is 9.80 Å². The minimum atomic E-state index is -0.106. The molecule has 1 fully saturated rings. The standard InChI is InChI=1S/C14H20Cl2N4O/c1-19(2)7-8-20(10-5-3-4-6-10)14(21)11-9-12(15)17-18-13(11)16/h9-10H,3-8H2,1-2H3. The van der Waals surface area contributed by atoms with Crippen LogP contribution in [0.3, 0.4) is 0 Å². The Labute approximate surface area is 135 Å². The van der Waals surface area contributed by atoms with Crippen molar-refractivity contribution in [3.63, 3.8) is 0 Å². The largest absolute Gasteiger partial charge is 0.334 e. The average Bonchev–Trinajstić information content (AvgIpc) is 2.95. The smallest absolute Gasteiger partial charge is 0.257 e. The van der Waals surface area contributed by atoms with E-state index in [9.17, 15) is 4.79 Å². The zero-order valence-corrected chi connectivity index (χ0v) is 13.9. The molecule has 0 radical (unpaired) electrons. The molecule has 116 valence electrons. The van der Waals surface area contributed by atoms with Crippen molar-refractivity contribution in [1.82, 2.24) is 20.0 Å². The number of hydrogen-bond acceptors (Lipinski definition) is 4. The van der Waals surface area contributed by atoms with Gasteiger partial charge in [-0.15, -0.1) is 10.2 Å². The number of likely N-dealkylation sites (N-methyl/N-ethyl adjacent to an activating group) is 1. The van der Waals surface area contributed by atoms with Gasteiger partial charge in [-0.25, -0.2) is 0 Å². The van der Waals surface area contributed by atoms with Crippen molar-refractivity contribution in [3.8, 4) is 0 Å². The Bertz CT molecular complexity index is 504. The third-order valence-electron chi connectivity index (χ3n) is 3.76. The maximum atomic E-state index is 12.8. The van der Waals surface area contributed by atoms with Gasteiger partial charge in [-0.3, -0.25) is 4.79 Å². The van der Waals surface area contributed by atoms with Crippen molar-refractivity contribution >= 4 is 29.1 Å². The number of hydrogen-bond donors (Lipinski definition) is 0. The molecule has 1 aliphatic carbocycles. The van der Waals surface area contributed by atoms with Crippen LogP contribution in [0, 0.1) is 0 Å². The molecule has 2 rings (SSSR count). The van der Waals surface area contributed by atoms with Crippen LogP contribution in [-0.2, 0) is 0 Å². The Hall–Kier alpha value is -0.910.